The average molecular weight is 183 g/mol. The fourth-order valence-electron chi connectivity index (χ4n) is 0.923. The van der Waals surface area contributed by atoms with Crippen LogP contribution in [0.15, 0.2) is 32.7 Å². The van der Waals surface area contributed by atoms with E-state index in [9.17, 15) is 0 Å². The number of aromatic nitrogens is 1. The molecule has 0 bridgehead atoms. The molecule has 0 aliphatic heterocycles. The number of hydrogen-bond acceptors (Lipinski definition) is 4. The standard InChI is InChI=1S/C7H5NOS2/c10-4-1-2-5(11)7-6(4)8-3-9-7/h1-3,10-11H. The topological polar surface area (TPSA) is 26.0 Å². The molecule has 1 aromatic carbocycles. The minimum absolute atomic E-state index is 0.695. The first-order valence-corrected chi connectivity index (χ1v) is 3.92. The third-order valence-corrected chi connectivity index (χ3v) is 2.15. The smallest absolute Gasteiger partial charge is 0.182 e. The molecule has 0 fully saturated rings. The van der Waals surface area contributed by atoms with Crippen LogP contribution < -0.4 is 0 Å². The van der Waals surface area contributed by atoms with Crippen molar-refractivity contribution in [2.24, 2.45) is 0 Å². The van der Waals surface area contributed by atoms with Gasteiger partial charge in [-0.3, -0.25) is 0 Å². The Morgan fingerprint density at radius 1 is 1.18 bits per heavy atom. The van der Waals surface area contributed by atoms with Crippen molar-refractivity contribution in [3.05, 3.63) is 18.5 Å². The van der Waals surface area contributed by atoms with E-state index >= 15 is 0 Å². The molecule has 0 saturated heterocycles. The van der Waals surface area contributed by atoms with E-state index in [1.807, 2.05) is 12.1 Å². The maximum Gasteiger partial charge on any atom is 0.182 e. The van der Waals surface area contributed by atoms with Gasteiger partial charge in [0.05, 0.1) is 0 Å². The van der Waals surface area contributed by atoms with E-state index in [0.717, 1.165) is 15.3 Å². The molecule has 4 heteroatoms. The summed E-state index contributed by atoms with van der Waals surface area (Å²) in [5, 5.41) is 0. The molecule has 0 atom stereocenters. The zero-order valence-electron chi connectivity index (χ0n) is 5.48. The molecule has 0 saturated carbocycles. The summed E-state index contributed by atoms with van der Waals surface area (Å²) in [5.74, 6) is 0. The maximum absolute atomic E-state index is 5.09. The van der Waals surface area contributed by atoms with Gasteiger partial charge in [0.15, 0.2) is 12.0 Å². The van der Waals surface area contributed by atoms with Crippen LogP contribution in [-0.4, -0.2) is 4.98 Å². The Morgan fingerprint density at radius 3 is 2.64 bits per heavy atom. The Hall–Kier alpha value is -0.610. The van der Waals surface area contributed by atoms with Gasteiger partial charge < -0.3 is 4.42 Å². The highest BCUT2D eigenvalue weighted by atomic mass is 32.1. The maximum atomic E-state index is 5.09. The van der Waals surface area contributed by atoms with E-state index in [1.165, 1.54) is 6.39 Å². The molecule has 2 aromatic rings. The lowest BCUT2D eigenvalue weighted by molar-refractivity contribution is 0.595. The predicted molar refractivity (Wildman–Crippen MR) is 48.5 cm³/mol. The average Bonchev–Trinajstić information content (AvgIpc) is 2.45. The summed E-state index contributed by atoms with van der Waals surface area (Å²) in [5.41, 5.74) is 1.46. The van der Waals surface area contributed by atoms with Crippen LogP contribution in [0, 0.1) is 0 Å². The molecular formula is C7H5NOS2. The van der Waals surface area contributed by atoms with Gasteiger partial charge in [0.25, 0.3) is 0 Å². The minimum Gasteiger partial charge on any atom is -0.442 e. The molecule has 0 radical (unpaired) electrons. The molecule has 56 valence electrons. The molecule has 1 aromatic heterocycles. The van der Waals surface area contributed by atoms with Crippen LogP contribution in [0.25, 0.3) is 11.1 Å². The third-order valence-electron chi connectivity index (χ3n) is 1.44. The largest absolute Gasteiger partial charge is 0.442 e. The Kier molecular flexibility index (Phi) is 1.58. The first kappa shape index (κ1) is 7.06. The van der Waals surface area contributed by atoms with Crippen LogP contribution in [0.4, 0.5) is 0 Å². The van der Waals surface area contributed by atoms with Crippen molar-refractivity contribution in [3.8, 4) is 0 Å². The number of thiol groups is 2. The van der Waals surface area contributed by atoms with E-state index < -0.39 is 0 Å². The van der Waals surface area contributed by atoms with E-state index in [0.29, 0.717) is 5.58 Å². The minimum atomic E-state index is 0.695. The summed E-state index contributed by atoms with van der Waals surface area (Å²) in [6.07, 6.45) is 1.39. The van der Waals surface area contributed by atoms with Gasteiger partial charge in [-0.2, -0.15) is 0 Å². The van der Waals surface area contributed by atoms with Gasteiger partial charge in [-0.1, -0.05) is 0 Å². The summed E-state index contributed by atoms with van der Waals surface area (Å²) < 4.78 is 5.09. The van der Waals surface area contributed by atoms with Gasteiger partial charge in [-0.05, 0) is 12.1 Å². The van der Waals surface area contributed by atoms with E-state index in [4.69, 9.17) is 4.42 Å². The zero-order valence-corrected chi connectivity index (χ0v) is 7.27. The van der Waals surface area contributed by atoms with Gasteiger partial charge in [0, 0.05) is 9.79 Å². The van der Waals surface area contributed by atoms with Gasteiger partial charge in [0.1, 0.15) is 5.52 Å². The van der Waals surface area contributed by atoms with Gasteiger partial charge in [0.2, 0.25) is 0 Å². The normalized spacial score (nSPS) is 10.7. The highest BCUT2D eigenvalue weighted by Crippen LogP contribution is 2.25. The number of oxazole rings is 1. The molecule has 1 heterocycles. The monoisotopic (exact) mass is 183 g/mol. The van der Waals surface area contributed by atoms with Crippen molar-refractivity contribution < 1.29 is 4.42 Å². The highest BCUT2D eigenvalue weighted by molar-refractivity contribution is 7.81. The molecule has 0 N–H and O–H groups in total. The molecule has 11 heavy (non-hydrogen) atoms. The summed E-state index contributed by atoms with van der Waals surface area (Å²) in [6, 6.07) is 3.68. The Labute approximate surface area is 74.4 Å². The van der Waals surface area contributed by atoms with Crippen molar-refractivity contribution >= 4 is 36.4 Å². The molecule has 0 amide bonds. The van der Waals surface area contributed by atoms with Crippen LogP contribution in [0.1, 0.15) is 0 Å². The van der Waals surface area contributed by atoms with E-state index in [2.05, 4.69) is 30.2 Å². The second-order valence-corrected chi connectivity index (χ2v) is 3.10. The third kappa shape index (κ3) is 1.02. The van der Waals surface area contributed by atoms with Crippen molar-refractivity contribution in [2.75, 3.05) is 0 Å². The van der Waals surface area contributed by atoms with Crippen molar-refractivity contribution in [1.29, 1.82) is 0 Å². The van der Waals surface area contributed by atoms with Gasteiger partial charge >= 0.3 is 0 Å². The first-order valence-electron chi connectivity index (χ1n) is 3.03. The lowest BCUT2D eigenvalue weighted by Crippen LogP contribution is -1.72. The quantitative estimate of drug-likeness (QED) is 0.613. The number of fused-ring (bicyclic) bond motifs is 1. The van der Waals surface area contributed by atoms with E-state index in [1.54, 1.807) is 0 Å². The summed E-state index contributed by atoms with van der Waals surface area (Å²) in [4.78, 5) is 5.59. The van der Waals surface area contributed by atoms with Crippen LogP contribution >= 0.6 is 25.3 Å². The van der Waals surface area contributed by atoms with Gasteiger partial charge in [-0.15, -0.1) is 25.3 Å². The highest BCUT2D eigenvalue weighted by Gasteiger charge is 2.04. The first-order chi connectivity index (χ1) is 5.29. The Bertz CT molecular complexity index is 360. The number of hydrogen-bond donors (Lipinski definition) is 2. The van der Waals surface area contributed by atoms with Crippen LogP contribution in [-0.2, 0) is 0 Å². The number of benzene rings is 1. The molecule has 0 unspecified atom stereocenters. The fourth-order valence-corrected chi connectivity index (χ4v) is 1.39. The molecule has 0 aliphatic rings. The SMILES string of the molecule is Sc1ccc(S)c2ocnc12. The lowest BCUT2D eigenvalue weighted by Gasteiger charge is -1.93. The van der Waals surface area contributed by atoms with Crippen LogP contribution in [0.3, 0.4) is 0 Å². The van der Waals surface area contributed by atoms with Crippen molar-refractivity contribution in [3.63, 3.8) is 0 Å². The Balaban J connectivity index is 2.96. The van der Waals surface area contributed by atoms with Crippen LogP contribution in [0.5, 0.6) is 0 Å². The fraction of sp³-hybridized carbons (Fsp3) is 0. The molecule has 0 aliphatic carbocycles. The van der Waals surface area contributed by atoms with Crippen molar-refractivity contribution in [1.82, 2.24) is 4.98 Å². The summed E-state index contributed by atoms with van der Waals surface area (Å²) in [7, 11) is 0. The van der Waals surface area contributed by atoms with E-state index in [-0.39, 0.29) is 0 Å². The molecule has 2 nitrogen and oxygen atoms in total. The zero-order chi connectivity index (χ0) is 7.84. The second kappa shape index (κ2) is 2.46. The predicted octanol–water partition coefficient (Wildman–Crippen LogP) is 2.41. The summed E-state index contributed by atoms with van der Waals surface area (Å²) >= 11 is 8.40. The second-order valence-electron chi connectivity index (χ2n) is 2.13. The summed E-state index contributed by atoms with van der Waals surface area (Å²) in [6.45, 7) is 0. The molecule has 2 rings (SSSR count). The molecule has 0 spiro atoms. The molecular weight excluding hydrogens is 178 g/mol. The number of rotatable bonds is 0. The van der Waals surface area contributed by atoms with Crippen LogP contribution in [0.2, 0.25) is 0 Å². The Morgan fingerprint density at radius 2 is 1.91 bits per heavy atom. The van der Waals surface area contributed by atoms with Crippen molar-refractivity contribution in [2.45, 2.75) is 9.79 Å². The number of nitrogens with zero attached hydrogens (tertiary/aromatic N) is 1. The lowest BCUT2D eigenvalue weighted by atomic mass is 10.3. The van der Waals surface area contributed by atoms with Gasteiger partial charge in [-0.25, -0.2) is 4.98 Å².